The summed E-state index contributed by atoms with van der Waals surface area (Å²) >= 11 is 1.41. The van der Waals surface area contributed by atoms with Crippen molar-refractivity contribution in [3.8, 4) is 11.5 Å². The van der Waals surface area contributed by atoms with Crippen LogP contribution < -0.4 is 20.1 Å². The van der Waals surface area contributed by atoms with Crippen molar-refractivity contribution in [2.45, 2.75) is 12.8 Å². The highest BCUT2D eigenvalue weighted by Crippen LogP contribution is 2.32. The first-order valence-electron chi connectivity index (χ1n) is 9.02. The number of anilines is 2. The summed E-state index contributed by atoms with van der Waals surface area (Å²) in [6.45, 7) is 0.487. The molecule has 0 saturated carbocycles. The van der Waals surface area contributed by atoms with E-state index in [1.54, 1.807) is 26.4 Å². The number of ether oxygens (including phenoxy) is 2. The number of amides is 1. The smallest absolute Gasteiger partial charge is 0.226 e. The van der Waals surface area contributed by atoms with Gasteiger partial charge in [-0.05, 0) is 36.2 Å². The van der Waals surface area contributed by atoms with Crippen molar-refractivity contribution in [3.63, 3.8) is 0 Å². The summed E-state index contributed by atoms with van der Waals surface area (Å²) in [6, 6.07) is 11.7. The van der Waals surface area contributed by atoms with Gasteiger partial charge in [-0.1, -0.05) is 12.1 Å². The fraction of sp³-hybridized carbons (Fsp3) is 0.238. The van der Waals surface area contributed by atoms with Crippen LogP contribution in [0.1, 0.15) is 11.3 Å². The lowest BCUT2D eigenvalue weighted by atomic mass is 10.1. The molecule has 0 spiro atoms. The topological polar surface area (TPSA) is 72.5 Å². The minimum atomic E-state index is -0.266. The van der Waals surface area contributed by atoms with Crippen LogP contribution in [0.15, 0.2) is 47.8 Å². The number of nitrogens with one attached hydrogen (secondary N) is 2. The number of methoxy groups -OCH3 is 2. The molecule has 0 radical (unpaired) electrons. The first kappa shape index (κ1) is 20.6. The zero-order valence-electron chi connectivity index (χ0n) is 16.2. The van der Waals surface area contributed by atoms with E-state index in [0.717, 1.165) is 11.3 Å². The minimum Gasteiger partial charge on any atom is -0.497 e. The molecule has 0 atom stereocenters. The monoisotopic (exact) mass is 415 g/mol. The standard InChI is InChI=1S/C21H22FN3O3S/c1-27-17-7-8-19(28-2)18(12-17)25-21-24-16(13-29-21)11-20(26)23-10-9-14-3-5-15(22)6-4-14/h3-8,12-13H,9-11H2,1-2H3,(H,23,26)(H,24,25). The fourth-order valence-electron chi connectivity index (χ4n) is 2.70. The molecule has 0 fully saturated rings. The van der Waals surface area contributed by atoms with Crippen LogP contribution in [0, 0.1) is 5.82 Å². The van der Waals surface area contributed by atoms with Gasteiger partial charge in [-0.2, -0.15) is 0 Å². The summed E-state index contributed by atoms with van der Waals surface area (Å²) in [5.74, 6) is 0.993. The van der Waals surface area contributed by atoms with E-state index in [0.29, 0.717) is 35.3 Å². The van der Waals surface area contributed by atoms with Crippen molar-refractivity contribution in [2.24, 2.45) is 0 Å². The maximum Gasteiger partial charge on any atom is 0.226 e. The number of carbonyl (C=O) groups excluding carboxylic acids is 1. The molecule has 0 aliphatic carbocycles. The van der Waals surface area contributed by atoms with Gasteiger partial charge in [0.15, 0.2) is 5.13 Å². The molecule has 0 aliphatic heterocycles. The SMILES string of the molecule is COc1ccc(OC)c(Nc2nc(CC(=O)NCCc3ccc(F)cc3)cs2)c1. The Morgan fingerprint density at radius 3 is 2.66 bits per heavy atom. The van der Waals surface area contributed by atoms with Gasteiger partial charge in [0.05, 0.1) is 32.0 Å². The number of hydrogen-bond acceptors (Lipinski definition) is 6. The van der Waals surface area contributed by atoms with E-state index >= 15 is 0 Å². The van der Waals surface area contributed by atoms with Crippen molar-refractivity contribution in [3.05, 3.63) is 64.9 Å². The Labute approximate surface area is 172 Å². The van der Waals surface area contributed by atoms with Gasteiger partial charge >= 0.3 is 0 Å². The van der Waals surface area contributed by atoms with Gasteiger partial charge in [0.1, 0.15) is 17.3 Å². The van der Waals surface area contributed by atoms with Crippen molar-refractivity contribution in [2.75, 3.05) is 26.1 Å². The predicted molar refractivity (Wildman–Crippen MR) is 112 cm³/mol. The van der Waals surface area contributed by atoms with Crippen molar-refractivity contribution in [1.29, 1.82) is 0 Å². The lowest BCUT2D eigenvalue weighted by molar-refractivity contribution is -0.120. The van der Waals surface area contributed by atoms with Crippen molar-refractivity contribution >= 4 is 28.1 Å². The van der Waals surface area contributed by atoms with Crippen molar-refractivity contribution in [1.82, 2.24) is 10.3 Å². The van der Waals surface area contributed by atoms with Crippen LogP contribution in [-0.2, 0) is 17.6 Å². The molecule has 1 amide bonds. The quantitative estimate of drug-likeness (QED) is 0.554. The maximum absolute atomic E-state index is 12.9. The van der Waals surface area contributed by atoms with Gasteiger partial charge in [-0.15, -0.1) is 11.3 Å². The number of rotatable bonds is 9. The summed E-state index contributed by atoms with van der Waals surface area (Å²) in [5, 5.41) is 8.56. The molecule has 0 saturated heterocycles. The zero-order valence-corrected chi connectivity index (χ0v) is 17.0. The van der Waals surface area contributed by atoms with Gasteiger partial charge in [0.25, 0.3) is 0 Å². The predicted octanol–water partition coefficient (Wildman–Crippen LogP) is 3.94. The van der Waals surface area contributed by atoms with Crippen molar-refractivity contribution < 1.29 is 18.7 Å². The van der Waals surface area contributed by atoms with Crippen LogP contribution in [0.3, 0.4) is 0 Å². The average molecular weight is 415 g/mol. The van der Waals surface area contributed by atoms with Gasteiger partial charge in [-0.25, -0.2) is 9.37 Å². The molecule has 152 valence electrons. The van der Waals surface area contributed by atoms with Crippen LogP contribution in [-0.4, -0.2) is 31.7 Å². The van der Waals surface area contributed by atoms with Crippen LogP contribution in [0.25, 0.3) is 0 Å². The van der Waals surface area contributed by atoms with Crippen LogP contribution in [0.4, 0.5) is 15.2 Å². The third kappa shape index (κ3) is 5.92. The molecular formula is C21H22FN3O3S. The van der Waals surface area contributed by atoms with Gasteiger partial charge in [0.2, 0.25) is 5.91 Å². The number of carbonyl (C=O) groups is 1. The third-order valence-electron chi connectivity index (χ3n) is 4.19. The van der Waals surface area contributed by atoms with E-state index in [2.05, 4.69) is 15.6 Å². The van der Waals surface area contributed by atoms with E-state index in [4.69, 9.17) is 9.47 Å². The second-order valence-corrected chi connectivity index (χ2v) is 7.10. The van der Waals surface area contributed by atoms with Crippen LogP contribution in [0.5, 0.6) is 11.5 Å². The Morgan fingerprint density at radius 2 is 1.93 bits per heavy atom. The molecule has 1 heterocycles. The molecule has 6 nitrogen and oxygen atoms in total. The average Bonchev–Trinajstić information content (AvgIpc) is 3.16. The Balaban J connectivity index is 1.52. The first-order chi connectivity index (χ1) is 14.1. The van der Waals surface area contributed by atoms with Gasteiger partial charge < -0.3 is 20.1 Å². The normalized spacial score (nSPS) is 10.4. The number of benzene rings is 2. The lowest BCUT2D eigenvalue weighted by Crippen LogP contribution is -2.27. The van der Waals surface area contributed by atoms with E-state index in [1.807, 2.05) is 23.6 Å². The molecule has 0 aliphatic rings. The lowest BCUT2D eigenvalue weighted by Gasteiger charge is -2.10. The maximum atomic E-state index is 12.9. The molecule has 29 heavy (non-hydrogen) atoms. The van der Waals surface area contributed by atoms with E-state index in [1.165, 1.54) is 23.5 Å². The molecule has 3 aromatic rings. The summed E-state index contributed by atoms with van der Waals surface area (Å²) in [4.78, 5) is 16.6. The number of aromatic nitrogens is 1. The summed E-state index contributed by atoms with van der Waals surface area (Å²) in [5.41, 5.74) is 2.38. The molecule has 2 aromatic carbocycles. The number of thiazole rings is 1. The molecular weight excluding hydrogens is 393 g/mol. The number of hydrogen-bond donors (Lipinski definition) is 2. The van der Waals surface area contributed by atoms with E-state index < -0.39 is 0 Å². The Hall–Kier alpha value is -3.13. The zero-order chi connectivity index (χ0) is 20.6. The molecule has 0 unspecified atom stereocenters. The summed E-state index contributed by atoms with van der Waals surface area (Å²) in [7, 11) is 3.19. The second kappa shape index (κ2) is 9.88. The van der Waals surface area contributed by atoms with Crippen LogP contribution >= 0.6 is 11.3 Å². The fourth-order valence-corrected chi connectivity index (χ4v) is 3.42. The van der Waals surface area contributed by atoms with Crippen LogP contribution in [0.2, 0.25) is 0 Å². The van der Waals surface area contributed by atoms with Gasteiger partial charge in [0, 0.05) is 18.0 Å². The molecule has 0 bridgehead atoms. The highest BCUT2D eigenvalue weighted by Gasteiger charge is 2.10. The minimum absolute atomic E-state index is 0.108. The first-order valence-corrected chi connectivity index (χ1v) is 9.90. The number of nitrogens with zero attached hydrogens (tertiary/aromatic N) is 1. The van der Waals surface area contributed by atoms with Gasteiger partial charge in [-0.3, -0.25) is 4.79 Å². The molecule has 3 rings (SSSR count). The molecule has 8 heteroatoms. The van der Waals surface area contributed by atoms with E-state index in [-0.39, 0.29) is 18.1 Å². The highest BCUT2D eigenvalue weighted by atomic mass is 32.1. The Bertz CT molecular complexity index is 960. The Kier molecular flexibility index (Phi) is 7.02. The second-order valence-electron chi connectivity index (χ2n) is 6.24. The summed E-state index contributed by atoms with van der Waals surface area (Å²) < 4.78 is 23.5. The Morgan fingerprint density at radius 1 is 1.14 bits per heavy atom. The largest absolute Gasteiger partial charge is 0.497 e. The van der Waals surface area contributed by atoms with E-state index in [9.17, 15) is 9.18 Å². The molecule has 2 N–H and O–H groups in total. The third-order valence-corrected chi connectivity index (χ3v) is 5.00. The summed E-state index contributed by atoms with van der Waals surface area (Å²) in [6.07, 6.45) is 0.836. The number of halogens is 1. The highest BCUT2D eigenvalue weighted by molar-refractivity contribution is 7.13. The molecule has 1 aromatic heterocycles.